The molecule has 0 aromatic heterocycles. The second-order valence-electron chi connectivity index (χ2n) is 3.06. The van der Waals surface area contributed by atoms with E-state index in [4.69, 9.17) is 11.0 Å². The molecule has 9 nitrogen and oxygen atoms in total. The van der Waals surface area contributed by atoms with Gasteiger partial charge in [0.2, 0.25) is 10.0 Å². The predicted molar refractivity (Wildman–Crippen MR) is 59.4 cm³/mol. The van der Waals surface area contributed by atoms with Crippen LogP contribution in [-0.4, -0.2) is 13.3 Å². The second-order valence-corrected chi connectivity index (χ2v) is 6.68. The minimum absolute atomic E-state index is 0.271. The topological polar surface area (TPSA) is 158 Å². The Morgan fingerprint density at radius 3 is 2.06 bits per heavy atom. The molecule has 0 fully saturated rings. The summed E-state index contributed by atoms with van der Waals surface area (Å²) in [6.45, 7) is 0. The molecule has 0 saturated carbocycles. The lowest BCUT2D eigenvalue weighted by Gasteiger charge is -2.09. The second kappa shape index (κ2) is 4.51. The van der Waals surface area contributed by atoms with E-state index in [1.807, 2.05) is 0 Å². The van der Waals surface area contributed by atoms with Gasteiger partial charge in [0, 0.05) is 12.1 Å². The lowest BCUT2D eigenvalue weighted by atomic mass is 10.3. The van der Waals surface area contributed by atoms with E-state index in [0.29, 0.717) is 0 Å². The van der Waals surface area contributed by atoms with Gasteiger partial charge in [-0.3, -0.25) is 25.7 Å². The van der Waals surface area contributed by atoms with Crippen LogP contribution in [0.1, 0.15) is 0 Å². The third-order valence-electron chi connectivity index (χ3n) is 1.62. The van der Waals surface area contributed by atoms with Gasteiger partial charge < -0.3 is 0 Å². The summed E-state index contributed by atoms with van der Waals surface area (Å²) in [7, 11) is -8.10. The number of nitro benzene ring substituents is 1. The zero-order chi connectivity index (χ0) is 13.3. The van der Waals surface area contributed by atoms with Gasteiger partial charge >= 0.3 is 0 Å². The standard InChI is InChI=1S/C6H9N4O5PS/c7-16(8,13)9-17(14,15)6-3-1-5(2-4-6)10(11)12/h1-4H,(H5,7,8,9,13). The molecule has 0 bridgehead atoms. The Bertz CT molecular complexity index is 577. The molecule has 0 heterocycles. The first-order chi connectivity index (χ1) is 7.62. The third-order valence-corrected chi connectivity index (χ3v) is 4.62. The third kappa shape index (κ3) is 3.88. The molecule has 5 N–H and O–H groups in total. The van der Waals surface area contributed by atoms with Crippen molar-refractivity contribution in [2.24, 2.45) is 11.0 Å². The van der Waals surface area contributed by atoms with Gasteiger partial charge in [-0.1, -0.05) is 0 Å². The monoisotopic (exact) mass is 280 g/mol. The highest BCUT2D eigenvalue weighted by atomic mass is 32.2. The summed E-state index contributed by atoms with van der Waals surface area (Å²) in [5.41, 5.74) is 9.47. The van der Waals surface area contributed by atoms with Crippen LogP contribution in [0.15, 0.2) is 29.2 Å². The minimum atomic E-state index is -4.15. The van der Waals surface area contributed by atoms with E-state index in [2.05, 4.69) is 0 Å². The average molecular weight is 280 g/mol. The highest BCUT2D eigenvalue weighted by molar-refractivity contribution is 7.95. The number of sulfonamides is 1. The molecule has 1 aromatic carbocycles. The van der Waals surface area contributed by atoms with Crippen molar-refractivity contribution in [1.29, 1.82) is 0 Å². The molecule has 0 amide bonds. The number of nitrogens with one attached hydrogen (secondary N) is 1. The van der Waals surface area contributed by atoms with Gasteiger partial charge in [-0.25, -0.2) is 8.42 Å². The Hall–Kier alpha value is -1.32. The Balaban J connectivity index is 3.09. The Morgan fingerprint density at radius 1 is 1.24 bits per heavy atom. The van der Waals surface area contributed by atoms with Gasteiger partial charge in [0.05, 0.1) is 9.82 Å². The number of hydrogen-bond donors (Lipinski definition) is 3. The van der Waals surface area contributed by atoms with Crippen molar-refractivity contribution >= 4 is 23.3 Å². The minimum Gasteiger partial charge on any atom is -0.270 e. The Morgan fingerprint density at radius 2 is 1.71 bits per heavy atom. The molecular weight excluding hydrogens is 271 g/mol. The molecule has 0 aliphatic heterocycles. The first-order valence-electron chi connectivity index (χ1n) is 4.07. The van der Waals surface area contributed by atoms with Crippen molar-refractivity contribution in [3.05, 3.63) is 34.4 Å². The number of benzene rings is 1. The van der Waals surface area contributed by atoms with Crippen LogP contribution < -0.4 is 15.5 Å². The molecule has 0 radical (unpaired) electrons. The molecule has 0 unspecified atom stereocenters. The molecule has 1 rings (SSSR count). The van der Waals surface area contributed by atoms with Gasteiger partial charge in [-0.15, -0.1) is 4.49 Å². The smallest absolute Gasteiger partial charge is 0.270 e. The normalized spacial score (nSPS) is 12.4. The zero-order valence-electron chi connectivity index (χ0n) is 8.31. The van der Waals surface area contributed by atoms with Crippen LogP contribution in [0.25, 0.3) is 0 Å². The summed E-state index contributed by atoms with van der Waals surface area (Å²) in [5.74, 6) is 0. The van der Waals surface area contributed by atoms with E-state index >= 15 is 0 Å². The summed E-state index contributed by atoms with van der Waals surface area (Å²) < 4.78 is 35.5. The Kier molecular flexibility index (Phi) is 3.65. The van der Waals surface area contributed by atoms with E-state index in [9.17, 15) is 23.1 Å². The fourth-order valence-corrected chi connectivity index (χ4v) is 3.41. The number of rotatable bonds is 4. The number of nitrogens with two attached hydrogens (primary N) is 2. The van der Waals surface area contributed by atoms with E-state index in [1.165, 1.54) is 0 Å². The lowest BCUT2D eigenvalue weighted by Crippen LogP contribution is -2.28. The first-order valence-corrected chi connectivity index (χ1v) is 7.40. The van der Waals surface area contributed by atoms with Crippen LogP contribution in [0.5, 0.6) is 0 Å². The maximum absolute atomic E-state index is 11.5. The SMILES string of the molecule is NP(N)(=O)NS(=O)(=O)c1ccc([N+](=O)[O-])cc1. The zero-order valence-corrected chi connectivity index (χ0v) is 10.0. The number of nitrogens with zero attached hydrogens (tertiary/aromatic N) is 1. The van der Waals surface area contributed by atoms with Crippen LogP contribution in [0.4, 0.5) is 5.69 Å². The molecule has 11 heteroatoms. The fraction of sp³-hybridized carbons (Fsp3) is 0. The number of non-ortho nitro benzene ring substituents is 1. The molecule has 0 spiro atoms. The fourth-order valence-electron chi connectivity index (χ4n) is 0.988. The van der Waals surface area contributed by atoms with Crippen molar-refractivity contribution < 1.29 is 17.9 Å². The first kappa shape index (κ1) is 13.7. The summed E-state index contributed by atoms with van der Waals surface area (Å²) >= 11 is 0. The van der Waals surface area contributed by atoms with Gasteiger partial charge in [-0.2, -0.15) is 0 Å². The van der Waals surface area contributed by atoms with Crippen LogP contribution in [0.2, 0.25) is 0 Å². The summed E-state index contributed by atoms with van der Waals surface area (Å²) in [6.07, 6.45) is 0. The lowest BCUT2D eigenvalue weighted by molar-refractivity contribution is -0.384. The number of hydrogen-bond acceptors (Lipinski definition) is 5. The van der Waals surface area contributed by atoms with Gasteiger partial charge in [0.15, 0.2) is 0 Å². The molecule has 0 saturated heterocycles. The number of nitro groups is 1. The summed E-state index contributed by atoms with van der Waals surface area (Å²) in [6, 6.07) is 3.95. The van der Waals surface area contributed by atoms with Gasteiger partial charge in [0.1, 0.15) is 0 Å². The van der Waals surface area contributed by atoms with Crippen LogP contribution in [-0.2, 0) is 14.6 Å². The van der Waals surface area contributed by atoms with Crippen LogP contribution in [0, 0.1) is 10.1 Å². The van der Waals surface area contributed by atoms with E-state index in [1.54, 1.807) is 4.49 Å². The highest BCUT2D eigenvalue weighted by Crippen LogP contribution is 2.24. The van der Waals surface area contributed by atoms with Gasteiger partial charge in [0.25, 0.3) is 13.3 Å². The maximum atomic E-state index is 11.5. The molecule has 0 aliphatic rings. The Labute approximate surface area is 96.5 Å². The summed E-state index contributed by atoms with van der Waals surface area (Å²) in [4.78, 5) is 9.35. The van der Waals surface area contributed by atoms with Crippen molar-refractivity contribution in [2.75, 3.05) is 0 Å². The molecule has 0 aliphatic carbocycles. The van der Waals surface area contributed by atoms with Crippen molar-refractivity contribution in [2.45, 2.75) is 4.90 Å². The molecular formula is C6H9N4O5PS. The van der Waals surface area contributed by atoms with Gasteiger partial charge in [-0.05, 0) is 12.1 Å². The molecule has 0 atom stereocenters. The average Bonchev–Trinajstić information content (AvgIpc) is 2.14. The molecule has 17 heavy (non-hydrogen) atoms. The molecule has 1 aromatic rings. The summed E-state index contributed by atoms with van der Waals surface area (Å²) in [5, 5.41) is 10.3. The predicted octanol–water partition coefficient (Wildman–Crippen LogP) is -0.101. The molecule has 94 valence electrons. The van der Waals surface area contributed by atoms with Crippen LogP contribution >= 0.6 is 7.59 Å². The van der Waals surface area contributed by atoms with Crippen molar-refractivity contribution in [1.82, 2.24) is 4.49 Å². The highest BCUT2D eigenvalue weighted by Gasteiger charge is 2.22. The van der Waals surface area contributed by atoms with Crippen LogP contribution in [0.3, 0.4) is 0 Å². The largest absolute Gasteiger partial charge is 0.287 e. The van der Waals surface area contributed by atoms with E-state index in [0.717, 1.165) is 24.3 Å². The van der Waals surface area contributed by atoms with E-state index < -0.39 is 22.5 Å². The van der Waals surface area contributed by atoms with Crippen molar-refractivity contribution in [3.8, 4) is 0 Å². The quantitative estimate of drug-likeness (QED) is 0.394. The van der Waals surface area contributed by atoms with E-state index in [-0.39, 0.29) is 10.6 Å². The van der Waals surface area contributed by atoms with Crippen molar-refractivity contribution in [3.63, 3.8) is 0 Å². The maximum Gasteiger partial charge on any atom is 0.287 e.